The molecule has 6 heteroatoms. The largest absolute Gasteiger partial charge is 0.481 e. The molecule has 0 bridgehead atoms. The summed E-state index contributed by atoms with van der Waals surface area (Å²) < 4.78 is 1.60. The third-order valence-corrected chi connectivity index (χ3v) is 2.98. The highest BCUT2D eigenvalue weighted by Gasteiger charge is 2.12. The molecule has 0 spiro atoms. The van der Waals surface area contributed by atoms with Crippen molar-refractivity contribution in [3.8, 4) is 0 Å². The van der Waals surface area contributed by atoms with Gasteiger partial charge in [0.2, 0.25) is 0 Å². The minimum Gasteiger partial charge on any atom is -0.481 e. The maximum Gasteiger partial charge on any atom is 0.303 e. The summed E-state index contributed by atoms with van der Waals surface area (Å²) in [5.74, 6) is -0.531. The van der Waals surface area contributed by atoms with E-state index in [4.69, 9.17) is 5.11 Å². The van der Waals surface area contributed by atoms with Crippen molar-refractivity contribution in [3.05, 3.63) is 22.7 Å². The average Bonchev–Trinajstić information content (AvgIpc) is 2.38. The van der Waals surface area contributed by atoms with Crippen LogP contribution < -0.4 is 10.9 Å². The van der Waals surface area contributed by atoms with Gasteiger partial charge in [0.05, 0.1) is 0 Å². The Kier molecular flexibility index (Phi) is 6.05. The lowest BCUT2D eigenvalue weighted by molar-refractivity contribution is -0.138. The number of carboxylic acids is 1. The van der Waals surface area contributed by atoms with Crippen molar-refractivity contribution in [1.29, 1.82) is 0 Å². The van der Waals surface area contributed by atoms with Gasteiger partial charge in [0.15, 0.2) is 5.82 Å². The Bertz CT molecular complexity index is 470. The van der Waals surface area contributed by atoms with Gasteiger partial charge in [-0.3, -0.25) is 9.59 Å². The van der Waals surface area contributed by atoms with Gasteiger partial charge < -0.3 is 15.0 Å². The van der Waals surface area contributed by atoms with Crippen LogP contribution in [0.15, 0.2) is 17.2 Å². The number of hydrogen-bond acceptors (Lipinski definition) is 4. The number of aliphatic carboxylic acids is 1. The number of anilines is 1. The van der Waals surface area contributed by atoms with Crippen molar-refractivity contribution < 1.29 is 9.90 Å². The first-order valence-electron chi connectivity index (χ1n) is 6.59. The van der Waals surface area contributed by atoms with E-state index in [-0.39, 0.29) is 17.9 Å². The molecule has 1 rings (SSSR count). The molecule has 19 heavy (non-hydrogen) atoms. The lowest BCUT2D eigenvalue weighted by Crippen LogP contribution is -2.27. The lowest BCUT2D eigenvalue weighted by atomic mass is 10.0. The molecule has 6 nitrogen and oxygen atoms in total. The van der Waals surface area contributed by atoms with Gasteiger partial charge in [-0.2, -0.15) is 0 Å². The molecule has 0 radical (unpaired) electrons. The van der Waals surface area contributed by atoms with E-state index >= 15 is 0 Å². The van der Waals surface area contributed by atoms with E-state index in [0.717, 1.165) is 12.8 Å². The van der Waals surface area contributed by atoms with Gasteiger partial charge in [-0.15, -0.1) is 0 Å². The zero-order valence-electron chi connectivity index (χ0n) is 11.4. The van der Waals surface area contributed by atoms with Crippen molar-refractivity contribution in [1.82, 2.24) is 9.55 Å². The fraction of sp³-hybridized carbons (Fsp3) is 0.615. The first kappa shape index (κ1) is 15.2. The molecule has 0 aliphatic rings. The minimum atomic E-state index is -0.821. The maximum absolute atomic E-state index is 12.0. The van der Waals surface area contributed by atoms with Crippen LogP contribution in [0, 0.1) is 5.92 Å². The van der Waals surface area contributed by atoms with Crippen LogP contribution >= 0.6 is 0 Å². The zero-order valence-corrected chi connectivity index (χ0v) is 11.4. The summed E-state index contributed by atoms with van der Waals surface area (Å²) in [7, 11) is 0. The van der Waals surface area contributed by atoms with E-state index in [1.165, 1.54) is 0 Å². The smallest absolute Gasteiger partial charge is 0.303 e. The molecule has 106 valence electrons. The third-order valence-electron chi connectivity index (χ3n) is 2.98. The average molecular weight is 267 g/mol. The normalized spacial score (nSPS) is 12.1. The lowest BCUT2D eigenvalue weighted by Gasteiger charge is -2.14. The number of carbonyl (C=O) groups is 1. The van der Waals surface area contributed by atoms with Crippen LogP contribution in [0.1, 0.15) is 33.1 Å². The van der Waals surface area contributed by atoms with Crippen LogP contribution in [0.2, 0.25) is 0 Å². The molecule has 1 heterocycles. The highest BCUT2D eigenvalue weighted by Crippen LogP contribution is 2.08. The molecule has 1 aromatic heterocycles. The number of aromatic nitrogens is 2. The maximum atomic E-state index is 12.0. The molecule has 0 aliphatic carbocycles. The number of hydrogen-bond donors (Lipinski definition) is 2. The van der Waals surface area contributed by atoms with E-state index in [9.17, 15) is 9.59 Å². The molecule has 0 amide bonds. The van der Waals surface area contributed by atoms with E-state index < -0.39 is 5.97 Å². The van der Waals surface area contributed by atoms with Crippen LogP contribution in [-0.2, 0) is 11.3 Å². The zero-order chi connectivity index (χ0) is 14.3. The minimum absolute atomic E-state index is 0.00136. The van der Waals surface area contributed by atoms with Gasteiger partial charge in [0, 0.05) is 31.9 Å². The summed E-state index contributed by atoms with van der Waals surface area (Å²) in [6.45, 7) is 5.03. The van der Waals surface area contributed by atoms with Gasteiger partial charge in [0.25, 0.3) is 5.56 Å². The Hall–Kier alpha value is -1.85. The second kappa shape index (κ2) is 7.56. The Balaban J connectivity index is 2.69. The summed E-state index contributed by atoms with van der Waals surface area (Å²) >= 11 is 0. The van der Waals surface area contributed by atoms with Gasteiger partial charge >= 0.3 is 5.97 Å². The van der Waals surface area contributed by atoms with Crippen LogP contribution in [0.25, 0.3) is 0 Å². The predicted octanol–water partition coefficient (Wildman–Crippen LogP) is 1.57. The molecule has 0 aliphatic heterocycles. The number of aryl methyl sites for hydroxylation is 1. The summed E-state index contributed by atoms with van der Waals surface area (Å²) in [5.41, 5.74) is -0.158. The standard InChI is InChI=1S/C13H21N3O3/c1-3-6-16-7-5-14-12(13(16)19)15-9-10(4-2)8-11(17)18/h5,7,10H,3-4,6,8-9H2,1-2H3,(H,14,15)(H,17,18). The second-order valence-electron chi connectivity index (χ2n) is 4.53. The van der Waals surface area contributed by atoms with Crippen molar-refractivity contribution >= 4 is 11.8 Å². The van der Waals surface area contributed by atoms with E-state index in [1.807, 2.05) is 13.8 Å². The van der Waals surface area contributed by atoms with Gasteiger partial charge in [-0.05, 0) is 12.3 Å². The molecular weight excluding hydrogens is 246 g/mol. The van der Waals surface area contributed by atoms with Crippen molar-refractivity contribution in [2.24, 2.45) is 5.92 Å². The number of nitrogens with zero attached hydrogens (tertiary/aromatic N) is 2. The van der Waals surface area contributed by atoms with Crippen LogP contribution in [-0.4, -0.2) is 27.2 Å². The van der Waals surface area contributed by atoms with Crippen LogP contribution in [0.3, 0.4) is 0 Å². The Morgan fingerprint density at radius 1 is 1.53 bits per heavy atom. The molecule has 0 saturated carbocycles. The van der Waals surface area contributed by atoms with E-state index in [1.54, 1.807) is 17.0 Å². The molecule has 0 fully saturated rings. The summed E-state index contributed by atoms with van der Waals surface area (Å²) in [6.07, 6.45) is 4.96. The van der Waals surface area contributed by atoms with Gasteiger partial charge in [0.1, 0.15) is 0 Å². The monoisotopic (exact) mass is 267 g/mol. The molecule has 0 aromatic carbocycles. The van der Waals surface area contributed by atoms with E-state index in [2.05, 4.69) is 10.3 Å². The van der Waals surface area contributed by atoms with Gasteiger partial charge in [-0.25, -0.2) is 4.98 Å². The predicted molar refractivity (Wildman–Crippen MR) is 73.3 cm³/mol. The molecule has 1 unspecified atom stereocenters. The van der Waals surface area contributed by atoms with Crippen molar-refractivity contribution in [2.75, 3.05) is 11.9 Å². The summed E-state index contributed by atoms with van der Waals surface area (Å²) in [4.78, 5) is 26.7. The SMILES string of the molecule is CCCn1ccnc(NCC(CC)CC(=O)O)c1=O. The first-order valence-corrected chi connectivity index (χ1v) is 6.59. The molecule has 0 saturated heterocycles. The summed E-state index contributed by atoms with van der Waals surface area (Å²) in [6, 6.07) is 0. The fourth-order valence-electron chi connectivity index (χ4n) is 1.83. The third kappa shape index (κ3) is 4.73. The fourth-order valence-corrected chi connectivity index (χ4v) is 1.83. The first-order chi connectivity index (χ1) is 9.08. The molecule has 1 aromatic rings. The number of carboxylic acid groups (broad SMARTS) is 1. The topological polar surface area (TPSA) is 84.2 Å². The highest BCUT2D eigenvalue weighted by atomic mass is 16.4. The quantitative estimate of drug-likeness (QED) is 0.746. The number of nitrogens with one attached hydrogen (secondary N) is 1. The Morgan fingerprint density at radius 3 is 2.84 bits per heavy atom. The highest BCUT2D eigenvalue weighted by molar-refractivity contribution is 5.67. The number of rotatable bonds is 8. The Morgan fingerprint density at radius 2 is 2.26 bits per heavy atom. The van der Waals surface area contributed by atoms with E-state index in [0.29, 0.717) is 18.9 Å². The molecule has 2 N–H and O–H groups in total. The van der Waals surface area contributed by atoms with Crippen molar-refractivity contribution in [3.63, 3.8) is 0 Å². The Labute approximate surface area is 112 Å². The van der Waals surface area contributed by atoms with Gasteiger partial charge in [-0.1, -0.05) is 20.3 Å². The van der Waals surface area contributed by atoms with Crippen LogP contribution in [0.4, 0.5) is 5.82 Å². The summed E-state index contributed by atoms with van der Waals surface area (Å²) in [5, 5.41) is 11.7. The van der Waals surface area contributed by atoms with Crippen LogP contribution in [0.5, 0.6) is 0 Å². The van der Waals surface area contributed by atoms with Crippen molar-refractivity contribution in [2.45, 2.75) is 39.7 Å². The second-order valence-corrected chi connectivity index (χ2v) is 4.53. The molecule has 1 atom stereocenters. The molecular formula is C13H21N3O3.